The Kier molecular flexibility index (Phi) is 4.89. The Balaban J connectivity index is 1.63. The Labute approximate surface area is 205 Å². The maximum Gasteiger partial charge on any atom is 0.309 e. The molecule has 5 rings (SSSR count). The number of carboxylic acid groups (broad SMARTS) is 1. The largest absolute Gasteiger partial charge is 0.481 e. The van der Waals surface area contributed by atoms with E-state index >= 15 is 0 Å². The van der Waals surface area contributed by atoms with Crippen molar-refractivity contribution in [3.8, 4) is 0 Å². The molecule has 5 aliphatic carbocycles. The zero-order valence-electron chi connectivity index (χ0n) is 22.3. The topological polar surface area (TPSA) is 71.4 Å². The lowest BCUT2D eigenvalue weighted by atomic mass is 9.33. The Morgan fingerprint density at radius 1 is 0.912 bits per heavy atom. The first-order valence-corrected chi connectivity index (χ1v) is 13.6. The van der Waals surface area contributed by atoms with Crippen LogP contribution in [0.15, 0.2) is 11.6 Å². The molecule has 5 aliphatic rings. The van der Waals surface area contributed by atoms with Crippen LogP contribution in [0.4, 0.5) is 0 Å². The predicted octanol–water partition coefficient (Wildman–Crippen LogP) is 6.62. The molecule has 0 heterocycles. The summed E-state index contributed by atoms with van der Waals surface area (Å²) in [6.07, 6.45) is 9.78. The molecule has 0 amide bonds. The van der Waals surface area contributed by atoms with E-state index in [2.05, 4.69) is 41.5 Å². The van der Waals surface area contributed by atoms with Crippen LogP contribution < -0.4 is 0 Å². The second-order valence-electron chi connectivity index (χ2n) is 14.7. The molecule has 0 aromatic rings. The lowest BCUT2D eigenvalue weighted by Gasteiger charge is -2.69. The lowest BCUT2D eigenvalue weighted by Crippen LogP contribution is -2.66. The summed E-state index contributed by atoms with van der Waals surface area (Å²) in [5, 5.41) is 10.0. The third kappa shape index (κ3) is 2.75. The van der Waals surface area contributed by atoms with Crippen molar-refractivity contribution < 1.29 is 19.5 Å². The van der Waals surface area contributed by atoms with Crippen LogP contribution in [0.1, 0.15) is 106 Å². The number of aliphatic carboxylic acids is 1. The molecule has 4 heteroatoms. The van der Waals surface area contributed by atoms with Crippen molar-refractivity contribution in [3.05, 3.63) is 11.6 Å². The van der Waals surface area contributed by atoms with Crippen LogP contribution in [0, 0.1) is 50.2 Å². The van der Waals surface area contributed by atoms with Gasteiger partial charge in [-0.15, -0.1) is 0 Å². The van der Waals surface area contributed by atoms with Crippen LogP contribution in [0.2, 0.25) is 0 Å². The Morgan fingerprint density at radius 2 is 1.56 bits per heavy atom. The van der Waals surface area contributed by atoms with E-state index < -0.39 is 11.4 Å². The van der Waals surface area contributed by atoms with Crippen molar-refractivity contribution in [2.75, 3.05) is 0 Å². The minimum Gasteiger partial charge on any atom is -0.481 e. The lowest BCUT2D eigenvalue weighted by molar-refractivity contribution is -0.188. The monoisotopic (exact) mass is 468 g/mol. The van der Waals surface area contributed by atoms with Gasteiger partial charge in [0, 0.05) is 17.8 Å². The molecule has 0 bridgehead atoms. The molecule has 8 atom stereocenters. The number of ketones is 2. The van der Waals surface area contributed by atoms with E-state index in [1.165, 1.54) is 5.57 Å². The minimum atomic E-state index is -0.721. The zero-order valence-corrected chi connectivity index (χ0v) is 22.3. The van der Waals surface area contributed by atoms with E-state index in [1.54, 1.807) is 0 Å². The van der Waals surface area contributed by atoms with Gasteiger partial charge in [-0.05, 0) is 97.9 Å². The van der Waals surface area contributed by atoms with Gasteiger partial charge < -0.3 is 5.11 Å². The van der Waals surface area contributed by atoms with Crippen molar-refractivity contribution in [3.63, 3.8) is 0 Å². The number of hydrogen-bond acceptors (Lipinski definition) is 3. The van der Waals surface area contributed by atoms with Gasteiger partial charge >= 0.3 is 5.97 Å². The van der Waals surface area contributed by atoms with Gasteiger partial charge in [0.15, 0.2) is 5.78 Å². The Bertz CT molecular complexity index is 1010. The average molecular weight is 469 g/mol. The average Bonchev–Trinajstić information content (AvgIpc) is 2.73. The van der Waals surface area contributed by atoms with Crippen molar-refractivity contribution in [1.82, 2.24) is 0 Å². The first-order valence-electron chi connectivity index (χ1n) is 13.6. The Hall–Kier alpha value is -1.45. The van der Waals surface area contributed by atoms with Crippen molar-refractivity contribution in [2.24, 2.45) is 50.2 Å². The molecule has 1 N–H and O–H groups in total. The maximum absolute atomic E-state index is 14.2. The van der Waals surface area contributed by atoms with E-state index in [0.717, 1.165) is 44.9 Å². The highest BCUT2D eigenvalue weighted by Crippen LogP contribution is 2.74. The van der Waals surface area contributed by atoms with Gasteiger partial charge in [0.25, 0.3) is 0 Å². The van der Waals surface area contributed by atoms with Gasteiger partial charge in [0.2, 0.25) is 0 Å². The summed E-state index contributed by atoms with van der Waals surface area (Å²) >= 11 is 0. The van der Waals surface area contributed by atoms with Gasteiger partial charge in [-0.3, -0.25) is 14.4 Å². The molecule has 34 heavy (non-hydrogen) atoms. The number of carboxylic acids is 1. The van der Waals surface area contributed by atoms with Crippen LogP contribution in [-0.2, 0) is 14.4 Å². The van der Waals surface area contributed by atoms with E-state index in [1.807, 2.05) is 13.0 Å². The van der Waals surface area contributed by atoms with Gasteiger partial charge in [-0.1, -0.05) is 47.1 Å². The highest BCUT2D eigenvalue weighted by molar-refractivity contribution is 5.96. The highest BCUT2D eigenvalue weighted by atomic mass is 16.4. The summed E-state index contributed by atoms with van der Waals surface area (Å²) in [5.41, 5.74) is -0.205. The number of rotatable bonds is 1. The summed E-state index contributed by atoms with van der Waals surface area (Å²) in [6.45, 7) is 15.5. The number of allylic oxidation sites excluding steroid dienone is 2. The fourth-order valence-electron chi connectivity index (χ4n) is 10.2. The fraction of sp³-hybridized carbons (Fsp3) is 0.833. The number of hydrogen-bond donors (Lipinski definition) is 1. The number of fused-ring (bicyclic) bond motifs is 7. The highest BCUT2D eigenvalue weighted by Gasteiger charge is 2.70. The smallest absolute Gasteiger partial charge is 0.309 e. The van der Waals surface area contributed by atoms with E-state index in [9.17, 15) is 19.5 Å². The molecule has 4 nitrogen and oxygen atoms in total. The molecule has 0 aromatic heterocycles. The normalized spacial score (nSPS) is 52.0. The SMILES string of the molecule is CC1(C)C(=O)CC[C@@]2(C)C1CC[C@]1(C)C2C(=O)C=C2C3C[C@@](C)(C(=O)O)CC[C@]3(C)CC[C@@]21C. The molecule has 0 aliphatic heterocycles. The molecule has 4 fully saturated rings. The quantitative estimate of drug-likeness (QED) is 0.469. The number of carbonyl (C=O) groups excluding carboxylic acids is 2. The van der Waals surface area contributed by atoms with Gasteiger partial charge in [-0.2, -0.15) is 0 Å². The van der Waals surface area contributed by atoms with Crippen LogP contribution >= 0.6 is 0 Å². The summed E-state index contributed by atoms with van der Waals surface area (Å²) in [6, 6.07) is 0. The van der Waals surface area contributed by atoms with E-state index in [4.69, 9.17) is 0 Å². The molecule has 0 aromatic carbocycles. The zero-order chi connectivity index (χ0) is 25.1. The molecular formula is C30H44O4. The third-order valence-electron chi connectivity index (χ3n) is 12.8. The second kappa shape index (κ2) is 6.85. The van der Waals surface area contributed by atoms with Crippen LogP contribution in [-0.4, -0.2) is 22.6 Å². The summed E-state index contributed by atoms with van der Waals surface area (Å²) in [4.78, 5) is 39.3. The number of Topliss-reactive ketones (excluding diaryl/α,β-unsaturated/α-hetero) is 1. The fourth-order valence-corrected chi connectivity index (χ4v) is 10.2. The van der Waals surface area contributed by atoms with E-state index in [-0.39, 0.29) is 50.6 Å². The minimum absolute atomic E-state index is 0.0707. The summed E-state index contributed by atoms with van der Waals surface area (Å²) < 4.78 is 0. The van der Waals surface area contributed by atoms with E-state index in [0.29, 0.717) is 18.6 Å². The standard InChI is InChI=1S/C30H44O4/c1-25(2)21-8-11-30(7)23(28(21,5)10-9-22(25)32)20(31)16-18-19-17-27(4,24(33)34)13-12-26(19,3)14-15-29(18,30)6/h16,19,21,23H,8-15,17H2,1-7H3,(H,33,34)/t19?,21?,23?,26-,27+,28+,29+,30-/m1/s1. The van der Waals surface area contributed by atoms with Crippen LogP contribution in [0.25, 0.3) is 0 Å². The molecule has 0 spiro atoms. The molecule has 0 radical (unpaired) electrons. The predicted molar refractivity (Wildman–Crippen MR) is 132 cm³/mol. The van der Waals surface area contributed by atoms with Gasteiger partial charge in [0.05, 0.1) is 5.41 Å². The van der Waals surface area contributed by atoms with Gasteiger partial charge in [-0.25, -0.2) is 0 Å². The van der Waals surface area contributed by atoms with Crippen LogP contribution in [0.3, 0.4) is 0 Å². The summed E-state index contributed by atoms with van der Waals surface area (Å²) in [7, 11) is 0. The molecule has 3 unspecified atom stereocenters. The first-order chi connectivity index (χ1) is 15.6. The molecule has 4 saturated carbocycles. The Morgan fingerprint density at radius 3 is 2.21 bits per heavy atom. The third-order valence-corrected chi connectivity index (χ3v) is 12.8. The first kappa shape index (κ1) is 24.3. The van der Waals surface area contributed by atoms with Crippen molar-refractivity contribution >= 4 is 17.5 Å². The van der Waals surface area contributed by atoms with Crippen LogP contribution in [0.5, 0.6) is 0 Å². The molecule has 0 saturated heterocycles. The molecule has 188 valence electrons. The summed E-state index contributed by atoms with van der Waals surface area (Å²) in [5.74, 6) is 0.222. The molecular weight excluding hydrogens is 424 g/mol. The maximum atomic E-state index is 14.2. The van der Waals surface area contributed by atoms with Gasteiger partial charge in [0.1, 0.15) is 5.78 Å². The number of carbonyl (C=O) groups is 3. The van der Waals surface area contributed by atoms with Crippen molar-refractivity contribution in [2.45, 2.75) is 106 Å². The second-order valence-corrected chi connectivity index (χ2v) is 14.7. The van der Waals surface area contributed by atoms with Crippen molar-refractivity contribution in [1.29, 1.82) is 0 Å².